The summed E-state index contributed by atoms with van der Waals surface area (Å²) in [5.41, 5.74) is 0. The molecule has 1 saturated heterocycles. The van der Waals surface area contributed by atoms with Gasteiger partial charge in [-0.15, -0.1) is 11.8 Å². The summed E-state index contributed by atoms with van der Waals surface area (Å²) in [5.74, 6) is 2.92. The van der Waals surface area contributed by atoms with Gasteiger partial charge in [0.2, 0.25) is 0 Å². The number of likely N-dealkylation sites (N-methyl/N-ethyl adjacent to an activating group) is 1. The van der Waals surface area contributed by atoms with Gasteiger partial charge >= 0.3 is 0 Å². The van der Waals surface area contributed by atoms with Gasteiger partial charge in [0.25, 0.3) is 0 Å². The minimum Gasteiger partial charge on any atom is -0.351 e. The average molecular weight is 272 g/mol. The minimum absolute atomic E-state index is 0.696. The number of rotatable bonds is 4. The van der Waals surface area contributed by atoms with Crippen molar-refractivity contribution >= 4 is 29.3 Å². The summed E-state index contributed by atoms with van der Waals surface area (Å²) in [4.78, 5) is 4.73. The Hall–Kier alpha value is -0.330. The highest BCUT2D eigenvalue weighted by atomic mass is 32.2. The van der Waals surface area contributed by atoms with E-state index in [1.807, 2.05) is 11.8 Å². The molecule has 1 aliphatic rings. The van der Waals surface area contributed by atoms with E-state index in [2.05, 4.69) is 39.4 Å². The standard InChI is InChI=1S/C11H20N4S2/c1-9(2)8-16-11-10(12-17-13-11)15-6-4-14(3)5-7-15/h9H,4-8H2,1-3H3. The van der Waals surface area contributed by atoms with Crippen molar-refractivity contribution in [3.8, 4) is 0 Å². The molecular weight excluding hydrogens is 252 g/mol. The van der Waals surface area contributed by atoms with Crippen LogP contribution in [-0.4, -0.2) is 52.6 Å². The van der Waals surface area contributed by atoms with E-state index in [0.29, 0.717) is 5.92 Å². The number of anilines is 1. The zero-order valence-electron chi connectivity index (χ0n) is 10.7. The lowest BCUT2D eigenvalue weighted by atomic mass is 10.3. The summed E-state index contributed by atoms with van der Waals surface area (Å²) in [6, 6.07) is 0. The molecule has 0 unspecified atom stereocenters. The Labute approximate surface area is 112 Å². The van der Waals surface area contributed by atoms with E-state index in [9.17, 15) is 0 Å². The topological polar surface area (TPSA) is 32.3 Å². The first-order valence-corrected chi connectivity index (χ1v) is 7.77. The van der Waals surface area contributed by atoms with Crippen LogP contribution in [0.4, 0.5) is 5.82 Å². The lowest BCUT2D eigenvalue weighted by Gasteiger charge is -2.32. The van der Waals surface area contributed by atoms with Gasteiger partial charge < -0.3 is 9.80 Å². The van der Waals surface area contributed by atoms with E-state index in [1.54, 1.807) is 0 Å². The predicted molar refractivity (Wildman–Crippen MR) is 75.2 cm³/mol. The number of aromatic nitrogens is 2. The Balaban J connectivity index is 1.98. The van der Waals surface area contributed by atoms with Crippen LogP contribution < -0.4 is 4.90 Å². The van der Waals surface area contributed by atoms with Crippen LogP contribution >= 0.6 is 23.5 Å². The van der Waals surface area contributed by atoms with Crippen molar-refractivity contribution in [1.29, 1.82) is 0 Å². The Morgan fingerprint density at radius 3 is 2.59 bits per heavy atom. The predicted octanol–water partition coefficient (Wildman–Crippen LogP) is 2.04. The third kappa shape index (κ3) is 3.56. The van der Waals surface area contributed by atoms with Crippen LogP contribution in [0.3, 0.4) is 0 Å². The number of hydrogen-bond acceptors (Lipinski definition) is 6. The van der Waals surface area contributed by atoms with Crippen molar-refractivity contribution in [3.63, 3.8) is 0 Å². The van der Waals surface area contributed by atoms with Crippen molar-refractivity contribution in [2.24, 2.45) is 5.92 Å². The summed E-state index contributed by atoms with van der Waals surface area (Å²) in [7, 11) is 2.17. The maximum Gasteiger partial charge on any atom is 0.176 e. The highest BCUT2D eigenvalue weighted by Gasteiger charge is 2.20. The first-order valence-electron chi connectivity index (χ1n) is 6.05. The average Bonchev–Trinajstić information content (AvgIpc) is 2.75. The maximum absolute atomic E-state index is 4.46. The van der Waals surface area contributed by atoms with Gasteiger partial charge in [-0.2, -0.15) is 8.75 Å². The molecule has 1 aromatic heterocycles. The Morgan fingerprint density at radius 2 is 1.94 bits per heavy atom. The largest absolute Gasteiger partial charge is 0.351 e. The van der Waals surface area contributed by atoms with Crippen molar-refractivity contribution < 1.29 is 0 Å². The molecule has 96 valence electrons. The van der Waals surface area contributed by atoms with E-state index >= 15 is 0 Å². The van der Waals surface area contributed by atoms with Crippen molar-refractivity contribution in [3.05, 3.63) is 0 Å². The molecule has 2 rings (SSSR count). The molecule has 0 N–H and O–H groups in total. The van der Waals surface area contributed by atoms with Gasteiger partial charge in [0.15, 0.2) is 10.8 Å². The van der Waals surface area contributed by atoms with Gasteiger partial charge in [-0.05, 0) is 13.0 Å². The fourth-order valence-electron chi connectivity index (χ4n) is 1.72. The Kier molecular flexibility index (Phi) is 4.64. The molecule has 0 saturated carbocycles. The number of nitrogens with zero attached hydrogens (tertiary/aromatic N) is 4. The van der Waals surface area contributed by atoms with Crippen LogP contribution in [0.1, 0.15) is 13.8 Å². The molecule has 6 heteroatoms. The summed E-state index contributed by atoms with van der Waals surface area (Å²) in [6.45, 7) is 8.84. The quantitative estimate of drug-likeness (QED) is 0.783. The second-order valence-electron chi connectivity index (χ2n) is 4.89. The van der Waals surface area contributed by atoms with Crippen LogP contribution in [0, 0.1) is 5.92 Å². The molecule has 0 amide bonds. The first-order chi connectivity index (χ1) is 8.16. The monoisotopic (exact) mass is 272 g/mol. The van der Waals surface area contributed by atoms with Crippen LogP contribution in [-0.2, 0) is 0 Å². The number of piperazine rings is 1. The lowest BCUT2D eigenvalue weighted by Crippen LogP contribution is -2.44. The second kappa shape index (κ2) is 6.02. The lowest BCUT2D eigenvalue weighted by molar-refractivity contribution is 0.311. The third-order valence-corrected chi connectivity index (χ3v) is 4.81. The molecule has 0 aliphatic carbocycles. The molecule has 0 spiro atoms. The SMILES string of the molecule is CC(C)CSc1nsnc1N1CCN(C)CC1. The third-order valence-electron chi connectivity index (χ3n) is 2.80. The van der Waals surface area contributed by atoms with Gasteiger partial charge in [-0.3, -0.25) is 0 Å². The molecule has 1 fully saturated rings. The van der Waals surface area contributed by atoms with Gasteiger partial charge in [0.05, 0.1) is 11.7 Å². The summed E-state index contributed by atoms with van der Waals surface area (Å²) in [6.07, 6.45) is 0. The fourth-order valence-corrected chi connectivity index (χ4v) is 3.36. The molecule has 1 aromatic rings. The molecule has 0 bridgehead atoms. The molecule has 0 radical (unpaired) electrons. The van der Waals surface area contributed by atoms with E-state index < -0.39 is 0 Å². The van der Waals surface area contributed by atoms with Gasteiger partial charge in [0, 0.05) is 31.9 Å². The normalized spacial score (nSPS) is 18.0. The number of hydrogen-bond donors (Lipinski definition) is 0. The van der Waals surface area contributed by atoms with E-state index in [0.717, 1.165) is 42.8 Å². The molecule has 2 heterocycles. The van der Waals surface area contributed by atoms with Gasteiger partial charge in [-0.25, -0.2) is 0 Å². The molecule has 0 atom stereocenters. The highest BCUT2D eigenvalue weighted by Crippen LogP contribution is 2.29. The molecule has 0 aromatic carbocycles. The van der Waals surface area contributed by atoms with Crippen LogP contribution in [0.25, 0.3) is 0 Å². The zero-order chi connectivity index (χ0) is 12.3. The van der Waals surface area contributed by atoms with E-state index in [1.165, 1.54) is 11.7 Å². The van der Waals surface area contributed by atoms with Crippen LogP contribution in [0.15, 0.2) is 5.03 Å². The smallest absolute Gasteiger partial charge is 0.176 e. The number of thioether (sulfide) groups is 1. The van der Waals surface area contributed by atoms with Crippen LogP contribution in [0.2, 0.25) is 0 Å². The molecule has 17 heavy (non-hydrogen) atoms. The van der Waals surface area contributed by atoms with E-state index in [-0.39, 0.29) is 0 Å². The van der Waals surface area contributed by atoms with Crippen molar-refractivity contribution in [1.82, 2.24) is 13.6 Å². The van der Waals surface area contributed by atoms with Gasteiger partial charge in [0.1, 0.15) is 0 Å². The minimum atomic E-state index is 0.696. The molecule has 1 aliphatic heterocycles. The second-order valence-corrected chi connectivity index (χ2v) is 6.43. The summed E-state index contributed by atoms with van der Waals surface area (Å²) < 4.78 is 8.88. The molecular formula is C11H20N4S2. The van der Waals surface area contributed by atoms with E-state index in [4.69, 9.17) is 0 Å². The first kappa shape index (κ1) is 13.1. The zero-order valence-corrected chi connectivity index (χ0v) is 12.4. The summed E-state index contributed by atoms with van der Waals surface area (Å²) >= 11 is 3.17. The summed E-state index contributed by atoms with van der Waals surface area (Å²) in [5, 5.41) is 1.12. The van der Waals surface area contributed by atoms with Crippen molar-refractivity contribution in [2.75, 3.05) is 43.9 Å². The van der Waals surface area contributed by atoms with Crippen molar-refractivity contribution in [2.45, 2.75) is 18.9 Å². The maximum atomic E-state index is 4.46. The highest BCUT2D eigenvalue weighted by molar-refractivity contribution is 7.99. The molecule has 4 nitrogen and oxygen atoms in total. The fraction of sp³-hybridized carbons (Fsp3) is 0.818. The Bertz CT molecular complexity index is 345. The van der Waals surface area contributed by atoms with Crippen LogP contribution in [0.5, 0.6) is 0 Å². The Morgan fingerprint density at radius 1 is 1.24 bits per heavy atom. The van der Waals surface area contributed by atoms with Gasteiger partial charge in [-0.1, -0.05) is 13.8 Å².